The van der Waals surface area contributed by atoms with Gasteiger partial charge in [0.25, 0.3) is 0 Å². The van der Waals surface area contributed by atoms with Crippen molar-refractivity contribution >= 4 is 16.5 Å². The molecule has 1 aromatic carbocycles. The summed E-state index contributed by atoms with van der Waals surface area (Å²) in [6.07, 6.45) is 0.590. The summed E-state index contributed by atoms with van der Waals surface area (Å²) in [7, 11) is -1.26. The minimum absolute atomic E-state index is 0.437. The Morgan fingerprint density at radius 3 is 2.73 bits per heavy atom. The van der Waals surface area contributed by atoms with Crippen LogP contribution in [0, 0.1) is 18.3 Å². The van der Waals surface area contributed by atoms with E-state index >= 15 is 0 Å². The molecule has 0 fully saturated rings. The van der Waals surface area contributed by atoms with E-state index in [0.717, 1.165) is 5.56 Å². The second kappa shape index (κ2) is 4.94. The van der Waals surface area contributed by atoms with E-state index < -0.39 is 16.0 Å². The van der Waals surface area contributed by atoms with Crippen LogP contribution in [0.5, 0.6) is 0 Å². The lowest BCUT2D eigenvalue weighted by molar-refractivity contribution is 0.676. The van der Waals surface area contributed by atoms with Crippen LogP contribution in [0.4, 0.5) is 5.69 Å². The fraction of sp³-hybridized carbons (Fsp3) is 0.364. The number of nitrogen functional groups attached to an aromatic ring is 1. The lowest BCUT2D eigenvalue weighted by atomic mass is 10.2. The van der Waals surface area contributed by atoms with Crippen LogP contribution in [0.3, 0.4) is 0 Å². The van der Waals surface area contributed by atoms with Crippen molar-refractivity contribution in [3.8, 4) is 6.07 Å². The van der Waals surface area contributed by atoms with Gasteiger partial charge < -0.3 is 5.73 Å². The highest BCUT2D eigenvalue weighted by Crippen LogP contribution is 2.18. The summed E-state index contributed by atoms with van der Waals surface area (Å²) in [4.78, 5) is 0.676. The van der Waals surface area contributed by atoms with Crippen LogP contribution in [0.2, 0.25) is 0 Å². The number of rotatable bonds is 3. The van der Waals surface area contributed by atoms with Gasteiger partial charge in [-0.1, -0.05) is 6.92 Å². The van der Waals surface area contributed by atoms with Gasteiger partial charge in [0.05, 0.1) is 16.9 Å². The minimum Gasteiger partial charge on any atom is -0.399 e. The highest BCUT2D eigenvalue weighted by atomic mass is 32.2. The lowest BCUT2D eigenvalue weighted by Crippen LogP contribution is -2.11. The summed E-state index contributed by atoms with van der Waals surface area (Å²) < 4.78 is 11.9. The summed E-state index contributed by atoms with van der Waals surface area (Å²) in [6, 6.07) is 7.29. The molecule has 0 aliphatic rings. The van der Waals surface area contributed by atoms with Gasteiger partial charge in [-0.2, -0.15) is 5.26 Å². The third kappa shape index (κ3) is 2.57. The van der Waals surface area contributed by atoms with Crippen molar-refractivity contribution in [1.29, 1.82) is 5.26 Å². The van der Waals surface area contributed by atoms with Crippen LogP contribution in [-0.2, 0) is 10.8 Å². The summed E-state index contributed by atoms with van der Waals surface area (Å²) in [5.74, 6) is 0. The van der Waals surface area contributed by atoms with Gasteiger partial charge in [0.2, 0.25) is 0 Å². The summed E-state index contributed by atoms with van der Waals surface area (Å²) in [5, 5.41) is 8.38. The van der Waals surface area contributed by atoms with Crippen molar-refractivity contribution in [2.24, 2.45) is 0 Å². The van der Waals surface area contributed by atoms with Gasteiger partial charge in [-0.25, -0.2) is 0 Å². The first-order chi connectivity index (χ1) is 7.10. The van der Waals surface area contributed by atoms with Crippen molar-refractivity contribution in [2.75, 3.05) is 5.73 Å². The van der Waals surface area contributed by atoms with E-state index in [1.807, 2.05) is 13.8 Å². The number of benzene rings is 1. The number of nitrogens with zero attached hydrogens (tertiary/aromatic N) is 1. The van der Waals surface area contributed by atoms with Crippen molar-refractivity contribution in [2.45, 2.75) is 30.4 Å². The van der Waals surface area contributed by atoms with Crippen LogP contribution in [0.15, 0.2) is 23.1 Å². The van der Waals surface area contributed by atoms with E-state index in [9.17, 15) is 4.21 Å². The third-order valence-electron chi connectivity index (χ3n) is 2.25. The molecule has 15 heavy (non-hydrogen) atoms. The van der Waals surface area contributed by atoms with Crippen LogP contribution in [0.25, 0.3) is 0 Å². The van der Waals surface area contributed by atoms with E-state index in [0.29, 0.717) is 17.0 Å². The Hall–Kier alpha value is -1.34. The normalized spacial score (nSPS) is 14.2. The molecule has 3 nitrogen and oxygen atoms in total. The maximum atomic E-state index is 11.9. The molecule has 0 bridgehead atoms. The maximum Gasteiger partial charge on any atom is 0.126 e. The Balaban J connectivity index is 3.02. The molecule has 80 valence electrons. The second-order valence-corrected chi connectivity index (χ2v) is 4.98. The van der Waals surface area contributed by atoms with Gasteiger partial charge >= 0.3 is 0 Å². The first-order valence-corrected chi connectivity index (χ1v) is 5.97. The monoisotopic (exact) mass is 222 g/mol. The molecule has 0 radical (unpaired) electrons. The average molecular weight is 222 g/mol. The summed E-state index contributed by atoms with van der Waals surface area (Å²) in [6.45, 7) is 3.72. The number of hydrogen-bond acceptors (Lipinski definition) is 3. The number of hydrogen-bond donors (Lipinski definition) is 1. The Morgan fingerprint density at radius 1 is 1.60 bits per heavy atom. The maximum absolute atomic E-state index is 11.9. The number of nitriles is 1. The smallest absolute Gasteiger partial charge is 0.126 e. The topological polar surface area (TPSA) is 66.9 Å². The van der Waals surface area contributed by atoms with E-state index in [1.54, 1.807) is 18.2 Å². The van der Waals surface area contributed by atoms with Crippen molar-refractivity contribution < 1.29 is 4.21 Å². The largest absolute Gasteiger partial charge is 0.399 e. The fourth-order valence-corrected chi connectivity index (χ4v) is 2.45. The fourth-order valence-electron chi connectivity index (χ4n) is 1.23. The Kier molecular flexibility index (Phi) is 3.87. The van der Waals surface area contributed by atoms with E-state index in [4.69, 9.17) is 11.0 Å². The molecule has 0 heterocycles. The van der Waals surface area contributed by atoms with Gasteiger partial charge in [-0.3, -0.25) is 4.21 Å². The molecule has 4 heteroatoms. The van der Waals surface area contributed by atoms with Crippen LogP contribution >= 0.6 is 0 Å². The first-order valence-electron chi connectivity index (χ1n) is 4.76. The Morgan fingerprint density at radius 2 is 2.27 bits per heavy atom. The predicted molar refractivity (Wildman–Crippen MR) is 61.7 cm³/mol. The second-order valence-electron chi connectivity index (χ2n) is 3.34. The van der Waals surface area contributed by atoms with Gasteiger partial charge in [-0.15, -0.1) is 0 Å². The van der Waals surface area contributed by atoms with E-state index in [-0.39, 0.29) is 0 Å². The molecule has 1 rings (SSSR count). The molecule has 0 saturated heterocycles. The van der Waals surface area contributed by atoms with Gasteiger partial charge in [0.1, 0.15) is 5.25 Å². The molecule has 2 atom stereocenters. The molecular weight excluding hydrogens is 208 g/mol. The molecule has 1 aromatic rings. The average Bonchev–Trinajstić information content (AvgIpc) is 2.23. The first kappa shape index (κ1) is 11.7. The lowest BCUT2D eigenvalue weighted by Gasteiger charge is -2.08. The molecule has 0 aromatic heterocycles. The van der Waals surface area contributed by atoms with Crippen molar-refractivity contribution in [3.63, 3.8) is 0 Å². The predicted octanol–water partition coefficient (Wildman–Crippen LogP) is 1.99. The minimum atomic E-state index is -1.26. The number of aryl methyl sites for hydroxylation is 1. The Bertz CT molecular complexity index is 423. The zero-order chi connectivity index (χ0) is 11.4. The molecule has 0 saturated carbocycles. The van der Waals surface area contributed by atoms with Gasteiger partial charge in [0.15, 0.2) is 0 Å². The molecule has 0 amide bonds. The molecule has 2 unspecified atom stereocenters. The molecule has 2 N–H and O–H groups in total. The summed E-state index contributed by atoms with van der Waals surface area (Å²) >= 11 is 0. The third-order valence-corrected chi connectivity index (χ3v) is 3.92. The highest BCUT2D eigenvalue weighted by molar-refractivity contribution is 7.86. The molecule has 0 aliphatic carbocycles. The number of nitrogens with two attached hydrogens (primary N) is 1. The van der Waals surface area contributed by atoms with Crippen LogP contribution in [-0.4, -0.2) is 9.46 Å². The highest BCUT2D eigenvalue weighted by Gasteiger charge is 2.15. The van der Waals surface area contributed by atoms with Crippen molar-refractivity contribution in [1.82, 2.24) is 0 Å². The molecule has 0 spiro atoms. The zero-order valence-corrected chi connectivity index (χ0v) is 9.67. The molecule has 0 aliphatic heterocycles. The van der Waals surface area contributed by atoms with Gasteiger partial charge in [0, 0.05) is 10.6 Å². The SMILES string of the molecule is CCC(C#N)S(=O)c1ccc(N)c(C)c1. The standard InChI is InChI=1S/C11H14N2OS/c1-3-9(7-12)15(14)10-4-5-11(13)8(2)6-10/h4-6,9H,3,13H2,1-2H3. The van der Waals surface area contributed by atoms with E-state index in [1.165, 1.54) is 0 Å². The zero-order valence-electron chi connectivity index (χ0n) is 8.86. The van der Waals surface area contributed by atoms with Crippen LogP contribution in [0.1, 0.15) is 18.9 Å². The van der Waals surface area contributed by atoms with Crippen molar-refractivity contribution in [3.05, 3.63) is 23.8 Å². The molecular formula is C11H14N2OS. The van der Waals surface area contributed by atoms with Gasteiger partial charge in [-0.05, 0) is 37.1 Å². The van der Waals surface area contributed by atoms with E-state index in [2.05, 4.69) is 6.07 Å². The summed E-state index contributed by atoms with van der Waals surface area (Å²) in [5.41, 5.74) is 7.24. The Labute approximate surface area is 92.4 Å². The quantitative estimate of drug-likeness (QED) is 0.795. The number of anilines is 1. The van der Waals surface area contributed by atoms with Crippen LogP contribution < -0.4 is 5.73 Å².